The second-order valence-electron chi connectivity index (χ2n) is 5.26. The van der Waals surface area contributed by atoms with E-state index in [4.69, 9.17) is 0 Å². The number of aromatic nitrogens is 2. The molecule has 0 unspecified atom stereocenters. The van der Waals surface area contributed by atoms with E-state index in [1.807, 2.05) is 6.92 Å². The minimum absolute atomic E-state index is 0.0557. The molecule has 0 radical (unpaired) electrons. The lowest BCUT2D eigenvalue weighted by Gasteiger charge is -2.21. The molecule has 0 atom stereocenters. The molecule has 0 saturated heterocycles. The van der Waals surface area contributed by atoms with E-state index in [9.17, 15) is 4.79 Å². The van der Waals surface area contributed by atoms with Gasteiger partial charge >= 0.3 is 6.03 Å². The van der Waals surface area contributed by atoms with Crippen molar-refractivity contribution in [3.05, 3.63) is 23.8 Å². The predicted octanol–water partition coefficient (Wildman–Crippen LogP) is 1.98. The molecule has 1 rings (SSSR count). The van der Waals surface area contributed by atoms with Crippen molar-refractivity contribution in [3.8, 4) is 0 Å². The highest BCUT2D eigenvalue weighted by atomic mass is 16.2. The average molecular weight is 250 g/mol. The second kappa shape index (κ2) is 6.33. The molecule has 0 fully saturated rings. The highest BCUT2D eigenvalue weighted by Gasteiger charge is 2.19. The third-order valence-electron chi connectivity index (χ3n) is 2.47. The van der Waals surface area contributed by atoms with E-state index in [0.29, 0.717) is 13.1 Å². The fourth-order valence-corrected chi connectivity index (χ4v) is 1.64. The van der Waals surface area contributed by atoms with Crippen LogP contribution < -0.4 is 10.6 Å². The van der Waals surface area contributed by atoms with Crippen LogP contribution in [-0.2, 0) is 12.0 Å². The van der Waals surface area contributed by atoms with E-state index in [-0.39, 0.29) is 11.4 Å². The predicted molar refractivity (Wildman–Crippen MR) is 71.3 cm³/mol. The minimum atomic E-state index is -0.152. The van der Waals surface area contributed by atoms with E-state index in [1.165, 1.54) is 0 Å². The normalized spacial score (nSPS) is 11.1. The van der Waals surface area contributed by atoms with Gasteiger partial charge in [0.2, 0.25) is 0 Å². The molecule has 0 aliphatic heterocycles. The Morgan fingerprint density at radius 1 is 1.33 bits per heavy atom. The fourth-order valence-electron chi connectivity index (χ4n) is 1.64. The van der Waals surface area contributed by atoms with Gasteiger partial charge in [-0.2, -0.15) is 0 Å². The van der Waals surface area contributed by atoms with Gasteiger partial charge in [-0.1, -0.05) is 27.7 Å². The van der Waals surface area contributed by atoms with Gasteiger partial charge in [-0.3, -0.25) is 0 Å². The van der Waals surface area contributed by atoms with Gasteiger partial charge in [-0.05, 0) is 6.42 Å². The zero-order chi connectivity index (χ0) is 13.6. The maximum absolute atomic E-state index is 11.5. The molecular formula is C13H22N4O. The quantitative estimate of drug-likeness (QED) is 0.858. The summed E-state index contributed by atoms with van der Waals surface area (Å²) in [6.07, 6.45) is 4.23. The summed E-state index contributed by atoms with van der Waals surface area (Å²) in [7, 11) is 0. The molecule has 0 aliphatic rings. The van der Waals surface area contributed by atoms with Crippen LogP contribution in [0.3, 0.4) is 0 Å². The van der Waals surface area contributed by atoms with E-state index in [1.54, 1.807) is 12.5 Å². The smallest absolute Gasteiger partial charge is 0.315 e. The first-order chi connectivity index (χ1) is 8.45. The molecule has 0 aliphatic carbocycles. The monoisotopic (exact) mass is 250 g/mol. The summed E-state index contributed by atoms with van der Waals surface area (Å²) in [6.45, 7) is 9.43. The molecule has 0 bridgehead atoms. The van der Waals surface area contributed by atoms with Crippen molar-refractivity contribution in [2.24, 2.45) is 0 Å². The highest BCUT2D eigenvalue weighted by Crippen LogP contribution is 2.22. The molecule has 1 aromatic rings. The summed E-state index contributed by atoms with van der Waals surface area (Å²) in [5.41, 5.74) is 1.87. The number of hydrogen-bond acceptors (Lipinski definition) is 3. The lowest BCUT2D eigenvalue weighted by molar-refractivity contribution is 0.240. The molecule has 0 aromatic carbocycles. The van der Waals surface area contributed by atoms with E-state index >= 15 is 0 Å². The summed E-state index contributed by atoms with van der Waals surface area (Å²) < 4.78 is 0. The molecule has 1 heterocycles. The third-order valence-corrected chi connectivity index (χ3v) is 2.47. The van der Waals surface area contributed by atoms with Gasteiger partial charge in [-0.25, -0.2) is 14.8 Å². The van der Waals surface area contributed by atoms with Crippen molar-refractivity contribution in [3.63, 3.8) is 0 Å². The van der Waals surface area contributed by atoms with Crippen molar-refractivity contribution in [1.82, 2.24) is 20.6 Å². The van der Waals surface area contributed by atoms with E-state index in [0.717, 1.165) is 17.7 Å². The number of nitrogens with zero attached hydrogens (tertiary/aromatic N) is 2. The molecule has 0 saturated carbocycles. The van der Waals surface area contributed by atoms with E-state index < -0.39 is 0 Å². The Morgan fingerprint density at radius 2 is 2.06 bits per heavy atom. The number of carbonyl (C=O) groups excluding carboxylic acids is 1. The van der Waals surface area contributed by atoms with Crippen LogP contribution in [0.25, 0.3) is 0 Å². The van der Waals surface area contributed by atoms with Gasteiger partial charge in [-0.15, -0.1) is 0 Å². The number of hydrogen-bond donors (Lipinski definition) is 2. The Kier molecular flexibility index (Phi) is 5.07. The maximum atomic E-state index is 11.5. The Labute approximate surface area is 108 Å². The van der Waals surface area contributed by atoms with Crippen molar-refractivity contribution in [2.75, 3.05) is 6.54 Å². The number of urea groups is 1. The number of rotatable bonds is 4. The minimum Gasteiger partial charge on any atom is -0.338 e. The largest absolute Gasteiger partial charge is 0.338 e. The second-order valence-corrected chi connectivity index (χ2v) is 5.26. The van der Waals surface area contributed by atoms with Gasteiger partial charge < -0.3 is 10.6 Å². The SMILES string of the molecule is CCCNC(=O)NCc1cncnc1C(C)(C)C. The van der Waals surface area contributed by atoms with Crippen molar-refractivity contribution in [1.29, 1.82) is 0 Å². The molecule has 1 aromatic heterocycles. The Hall–Kier alpha value is -1.65. The lowest BCUT2D eigenvalue weighted by Crippen LogP contribution is -2.36. The summed E-state index contributed by atoms with van der Waals surface area (Å²) in [6, 6.07) is -0.152. The highest BCUT2D eigenvalue weighted by molar-refractivity contribution is 5.73. The van der Waals surface area contributed by atoms with Gasteiger partial charge in [0.15, 0.2) is 0 Å². The van der Waals surface area contributed by atoms with Crippen molar-refractivity contribution < 1.29 is 4.79 Å². The van der Waals surface area contributed by atoms with Crippen LogP contribution in [0.5, 0.6) is 0 Å². The van der Waals surface area contributed by atoms with Crippen LogP contribution in [0.1, 0.15) is 45.4 Å². The zero-order valence-corrected chi connectivity index (χ0v) is 11.6. The average Bonchev–Trinajstić information content (AvgIpc) is 2.33. The molecule has 0 spiro atoms. The first-order valence-corrected chi connectivity index (χ1v) is 6.26. The lowest BCUT2D eigenvalue weighted by atomic mass is 9.89. The molecule has 2 N–H and O–H groups in total. The van der Waals surface area contributed by atoms with Crippen molar-refractivity contribution >= 4 is 6.03 Å². The summed E-state index contributed by atoms with van der Waals surface area (Å²) in [4.78, 5) is 19.8. The number of carbonyl (C=O) groups is 1. The fraction of sp³-hybridized carbons (Fsp3) is 0.615. The van der Waals surface area contributed by atoms with Crippen LogP contribution >= 0.6 is 0 Å². The van der Waals surface area contributed by atoms with Crippen LogP contribution in [-0.4, -0.2) is 22.5 Å². The van der Waals surface area contributed by atoms with Gasteiger partial charge in [0, 0.05) is 30.3 Å². The number of amides is 2. The molecule has 5 nitrogen and oxygen atoms in total. The standard InChI is InChI=1S/C13H22N4O/c1-5-6-15-12(18)16-8-10-7-14-9-17-11(10)13(2,3)4/h7,9H,5-6,8H2,1-4H3,(H2,15,16,18). The van der Waals surface area contributed by atoms with Gasteiger partial charge in [0.1, 0.15) is 6.33 Å². The van der Waals surface area contributed by atoms with Gasteiger partial charge in [0.05, 0.1) is 5.69 Å². The van der Waals surface area contributed by atoms with Gasteiger partial charge in [0.25, 0.3) is 0 Å². The number of nitrogens with one attached hydrogen (secondary N) is 2. The van der Waals surface area contributed by atoms with E-state index in [2.05, 4.69) is 41.4 Å². The molecular weight excluding hydrogens is 228 g/mol. The molecule has 100 valence electrons. The topological polar surface area (TPSA) is 66.9 Å². The Morgan fingerprint density at radius 3 is 2.67 bits per heavy atom. The summed E-state index contributed by atoms with van der Waals surface area (Å²) in [5.74, 6) is 0. The molecule has 2 amide bonds. The molecule has 18 heavy (non-hydrogen) atoms. The molecule has 5 heteroatoms. The third kappa shape index (κ3) is 4.31. The Balaban J connectivity index is 2.65. The first-order valence-electron chi connectivity index (χ1n) is 6.26. The summed E-state index contributed by atoms with van der Waals surface area (Å²) >= 11 is 0. The van der Waals surface area contributed by atoms with Crippen LogP contribution in [0.4, 0.5) is 4.79 Å². The van der Waals surface area contributed by atoms with Crippen molar-refractivity contribution in [2.45, 2.75) is 46.1 Å². The maximum Gasteiger partial charge on any atom is 0.315 e. The Bertz CT molecular complexity index is 398. The summed E-state index contributed by atoms with van der Waals surface area (Å²) in [5, 5.41) is 5.59. The van der Waals surface area contributed by atoms with Crippen LogP contribution in [0.15, 0.2) is 12.5 Å². The van der Waals surface area contributed by atoms with Crippen LogP contribution in [0, 0.1) is 0 Å². The zero-order valence-electron chi connectivity index (χ0n) is 11.6. The van der Waals surface area contributed by atoms with Crippen LogP contribution in [0.2, 0.25) is 0 Å². The first kappa shape index (κ1) is 14.4.